The van der Waals surface area contributed by atoms with Crippen molar-refractivity contribution in [3.05, 3.63) is 177 Å². The molecule has 10 rings (SSSR count). The van der Waals surface area contributed by atoms with Crippen molar-refractivity contribution in [1.82, 2.24) is 9.13 Å². The second-order valence-corrected chi connectivity index (χ2v) is 31.7. The Morgan fingerprint density at radius 3 is 0.934 bits per heavy atom. The number of hydrogen-bond acceptors (Lipinski definition) is 4. The molecule has 2 heterocycles. The van der Waals surface area contributed by atoms with Gasteiger partial charge in [0, 0.05) is 50.2 Å². The lowest BCUT2D eigenvalue weighted by Gasteiger charge is -2.34. The van der Waals surface area contributed by atoms with Crippen molar-refractivity contribution < 1.29 is 28.5 Å². The predicted octanol–water partition coefficient (Wildman–Crippen LogP) is 24.1. The first kappa shape index (κ1) is 66.3. The topological polar surface area (TPSA) is 68.8 Å². The maximum absolute atomic E-state index is 16.4. The van der Waals surface area contributed by atoms with E-state index in [2.05, 4.69) is 219 Å². The van der Waals surface area contributed by atoms with Gasteiger partial charge in [-0.15, -0.1) is 0 Å². The highest BCUT2D eigenvalue weighted by atomic mass is 19.1. The zero-order valence-corrected chi connectivity index (χ0v) is 58.5. The molecule has 6 nitrogen and oxygen atoms in total. The number of fused-ring (bicyclic) bond motifs is 6. The lowest BCUT2D eigenvalue weighted by atomic mass is 9.71. The van der Waals surface area contributed by atoms with Gasteiger partial charge in [0.15, 0.2) is 0 Å². The number of phenolic OH excluding ortho intramolecular Hbond substituents is 2. The van der Waals surface area contributed by atoms with Crippen LogP contribution in [0, 0.1) is 36.3 Å². The molecule has 0 saturated carbocycles. The summed E-state index contributed by atoms with van der Waals surface area (Å²) in [4.78, 5) is 0. The summed E-state index contributed by atoms with van der Waals surface area (Å²) in [7, 11) is 0. The Labute approximate surface area is 541 Å². The van der Waals surface area contributed by atoms with Crippen LogP contribution in [0.25, 0.3) is 77.2 Å². The predicted molar refractivity (Wildman–Crippen MR) is 381 cm³/mol. The quantitative estimate of drug-likeness (QED) is 0.0898. The van der Waals surface area contributed by atoms with Gasteiger partial charge in [0.05, 0.1) is 45.6 Å². The van der Waals surface area contributed by atoms with Crippen LogP contribution in [-0.2, 0) is 10.8 Å². The van der Waals surface area contributed by atoms with Gasteiger partial charge in [-0.25, -0.2) is 8.78 Å². The molecule has 0 spiro atoms. The summed E-state index contributed by atoms with van der Waals surface area (Å²) in [6.45, 7) is 47.8. The van der Waals surface area contributed by atoms with Gasteiger partial charge < -0.3 is 28.8 Å². The van der Waals surface area contributed by atoms with Gasteiger partial charge in [0.25, 0.3) is 0 Å². The van der Waals surface area contributed by atoms with Crippen molar-refractivity contribution in [3.63, 3.8) is 0 Å². The summed E-state index contributed by atoms with van der Waals surface area (Å²) >= 11 is 0. The summed E-state index contributed by atoms with van der Waals surface area (Å²) in [5.74, 6) is 1.12. The van der Waals surface area contributed by atoms with E-state index in [9.17, 15) is 10.2 Å². The maximum Gasteiger partial charge on any atom is 0.147 e. The second-order valence-electron chi connectivity index (χ2n) is 31.7. The SMILES string of the molecule is Cc1cc(F)cc(-c2cc(C(C)(C)CC(C)(C)C)cc(-n3c4cc(C(C)C)ccc4c4ccc(C(C)C)cc43)c2O)c1O[C@H](C)C[C@H](C)Oc1c(C)cc(F)cc1-c1cc(C(C)(C)CC(C)(C)C)cc(-n2c3cc(C(C)C)ccc3c3ccc(C(C)C)cc32)c1O. The normalized spacial score (nSPS) is 13.6. The van der Waals surface area contributed by atoms with Crippen LogP contribution in [0.5, 0.6) is 23.0 Å². The van der Waals surface area contributed by atoms with Gasteiger partial charge in [-0.3, -0.25) is 0 Å². The molecule has 10 aromatic rings. The monoisotopic (exact) mass is 1230 g/mol. The van der Waals surface area contributed by atoms with E-state index < -0.39 is 23.8 Å². The van der Waals surface area contributed by atoms with Gasteiger partial charge in [-0.1, -0.05) is 173 Å². The molecule has 0 aliphatic heterocycles. The second kappa shape index (κ2) is 24.5. The van der Waals surface area contributed by atoms with E-state index in [1.165, 1.54) is 46.5 Å². The largest absolute Gasteiger partial charge is 0.505 e. The van der Waals surface area contributed by atoms with Crippen LogP contribution in [-0.4, -0.2) is 31.6 Å². The maximum atomic E-state index is 16.4. The van der Waals surface area contributed by atoms with E-state index in [4.69, 9.17) is 9.47 Å². The fourth-order valence-electron chi connectivity index (χ4n) is 14.8. The molecule has 8 aromatic carbocycles. The standard InChI is InChI=1S/C83H100F2N2O4/c1-46(2)54-23-27-62-63-28-24-55(47(3)4)35-71(63)86(70(62)34-54)74-40-58(82(19,20)44-80(13,14)15)38-66(76(74)88)68-42-60(84)31-50(9)78(68)90-52(11)33-53(12)91-79-51(10)32-61(85)43-69(79)67-39-59(83(21,22)45-81(16,17)18)41-75(77(67)89)87-72-36-56(48(5)6)25-29-64(72)65-30-26-57(49(7)8)37-73(65)87/h23-32,34-43,46-49,52-53,88-89H,33,44-45H2,1-22H3/t52-,53+. The Hall–Kier alpha value is -7.58. The van der Waals surface area contributed by atoms with Gasteiger partial charge in [0.1, 0.15) is 34.6 Å². The van der Waals surface area contributed by atoms with Crippen LogP contribution in [0.4, 0.5) is 8.78 Å². The van der Waals surface area contributed by atoms with Crippen molar-refractivity contribution >= 4 is 43.6 Å². The minimum atomic E-state index is -0.506. The van der Waals surface area contributed by atoms with E-state index in [0.29, 0.717) is 62.7 Å². The minimum Gasteiger partial charge on any atom is -0.505 e. The van der Waals surface area contributed by atoms with E-state index in [1.807, 2.05) is 39.8 Å². The van der Waals surface area contributed by atoms with Crippen LogP contribution >= 0.6 is 0 Å². The van der Waals surface area contributed by atoms with Gasteiger partial charge in [0.2, 0.25) is 0 Å². The van der Waals surface area contributed by atoms with Crippen LogP contribution < -0.4 is 9.47 Å². The molecule has 0 radical (unpaired) electrons. The number of phenols is 2. The molecule has 8 heteroatoms. The summed E-state index contributed by atoms with van der Waals surface area (Å²) in [5.41, 5.74) is 14.1. The van der Waals surface area contributed by atoms with E-state index in [1.54, 1.807) is 0 Å². The Balaban J connectivity index is 1.09. The Bertz CT molecular complexity index is 4010. The number of ether oxygens (including phenoxy) is 2. The summed E-state index contributed by atoms with van der Waals surface area (Å²) < 4.78 is 51.3. The first-order chi connectivity index (χ1) is 42.4. The number of benzene rings is 8. The fraction of sp³-hybridized carbons (Fsp3) is 0.422. The van der Waals surface area contributed by atoms with Crippen LogP contribution in [0.15, 0.2) is 121 Å². The summed E-state index contributed by atoms with van der Waals surface area (Å²) in [5, 5.41) is 30.8. The van der Waals surface area contributed by atoms with Crippen LogP contribution in [0.3, 0.4) is 0 Å². The van der Waals surface area contributed by atoms with Crippen molar-refractivity contribution in [2.75, 3.05) is 0 Å². The minimum absolute atomic E-state index is 0.0218. The molecule has 2 N–H and O–H groups in total. The Morgan fingerprint density at radius 1 is 0.385 bits per heavy atom. The summed E-state index contributed by atoms with van der Waals surface area (Å²) in [6.07, 6.45) is 1.03. The van der Waals surface area contributed by atoms with Crippen LogP contribution in [0.1, 0.15) is 226 Å². The first-order valence-electron chi connectivity index (χ1n) is 33.3. The third-order valence-electron chi connectivity index (χ3n) is 18.8. The lowest BCUT2D eigenvalue weighted by Crippen LogP contribution is -2.25. The van der Waals surface area contributed by atoms with Gasteiger partial charge in [-0.05, 0) is 203 Å². The molecule has 91 heavy (non-hydrogen) atoms. The molecule has 0 amide bonds. The van der Waals surface area contributed by atoms with E-state index >= 15 is 8.78 Å². The highest BCUT2D eigenvalue weighted by Gasteiger charge is 2.34. The lowest BCUT2D eigenvalue weighted by molar-refractivity contribution is 0.130. The first-order valence-corrected chi connectivity index (χ1v) is 33.3. The molecule has 0 aliphatic carbocycles. The third-order valence-corrected chi connectivity index (χ3v) is 18.8. The average molecular weight is 1230 g/mol. The number of hydrogen-bond donors (Lipinski definition) is 2. The number of aromatic hydroxyl groups is 2. The molecule has 480 valence electrons. The fourth-order valence-corrected chi connectivity index (χ4v) is 14.8. The Morgan fingerprint density at radius 2 is 0.670 bits per heavy atom. The highest BCUT2D eigenvalue weighted by Crippen LogP contribution is 2.51. The van der Waals surface area contributed by atoms with E-state index in [0.717, 1.165) is 67.6 Å². The number of halogens is 2. The molecule has 0 fully saturated rings. The molecule has 0 unspecified atom stereocenters. The van der Waals surface area contributed by atoms with E-state index in [-0.39, 0.29) is 56.8 Å². The molecular formula is C83H100F2N2O4. The molecule has 0 bridgehead atoms. The van der Waals surface area contributed by atoms with Crippen molar-refractivity contribution in [2.24, 2.45) is 10.8 Å². The van der Waals surface area contributed by atoms with Crippen molar-refractivity contribution in [3.8, 4) is 56.6 Å². The molecule has 2 aromatic heterocycles. The molecular weight excluding hydrogens is 1130 g/mol. The van der Waals surface area contributed by atoms with Crippen LogP contribution in [0.2, 0.25) is 0 Å². The highest BCUT2D eigenvalue weighted by molar-refractivity contribution is 6.11. The molecule has 0 saturated heterocycles. The number of nitrogens with zero attached hydrogens (tertiary/aromatic N) is 2. The average Bonchev–Trinajstić information content (AvgIpc) is 1.64. The van der Waals surface area contributed by atoms with Gasteiger partial charge in [-0.2, -0.15) is 0 Å². The Kier molecular flexibility index (Phi) is 17.8. The van der Waals surface area contributed by atoms with Crippen molar-refractivity contribution in [2.45, 2.75) is 218 Å². The zero-order valence-electron chi connectivity index (χ0n) is 58.5. The summed E-state index contributed by atoms with van der Waals surface area (Å²) in [6, 6.07) is 41.0. The third kappa shape index (κ3) is 13.3. The zero-order chi connectivity index (χ0) is 66.5. The number of rotatable bonds is 18. The number of aryl methyl sites for hydroxylation is 2. The number of aromatic nitrogens is 2. The van der Waals surface area contributed by atoms with Crippen molar-refractivity contribution in [1.29, 1.82) is 0 Å². The molecule has 0 aliphatic rings. The van der Waals surface area contributed by atoms with Gasteiger partial charge >= 0.3 is 0 Å². The molecule has 2 atom stereocenters. The smallest absolute Gasteiger partial charge is 0.147 e.